The summed E-state index contributed by atoms with van der Waals surface area (Å²) in [7, 11) is 0. The summed E-state index contributed by atoms with van der Waals surface area (Å²) in [6.45, 7) is 6.58. The van der Waals surface area contributed by atoms with Crippen molar-refractivity contribution >= 4 is 28.1 Å². The molecule has 0 aliphatic carbocycles. The third-order valence-electron chi connectivity index (χ3n) is 5.09. The molecule has 0 spiro atoms. The fraction of sp³-hybridized carbons (Fsp3) is 0.222. The molecule has 0 aliphatic rings. The van der Waals surface area contributed by atoms with Gasteiger partial charge in [-0.2, -0.15) is 10.4 Å². The summed E-state index contributed by atoms with van der Waals surface area (Å²) in [5, 5.41) is 13.4. The first-order chi connectivity index (χ1) is 16.4. The van der Waals surface area contributed by atoms with Crippen molar-refractivity contribution in [1.82, 2.24) is 5.43 Å². The van der Waals surface area contributed by atoms with Gasteiger partial charge in [0, 0.05) is 5.56 Å². The molecule has 0 bridgehead atoms. The molecule has 3 aromatic carbocycles. The molecule has 0 radical (unpaired) electrons. The molecule has 1 amide bonds. The van der Waals surface area contributed by atoms with E-state index in [-0.39, 0.29) is 18.9 Å². The number of ether oxygens (including phenoxy) is 2. The highest BCUT2D eigenvalue weighted by Crippen LogP contribution is 2.37. The molecule has 3 aromatic rings. The maximum Gasteiger partial charge on any atom is 0.244 e. The molecule has 0 fully saturated rings. The SMILES string of the molecule is CCOc1cc(/C=N/NC(=O)Cc2ccc(C)cc2C)cc(Br)c1OCc1ccccc1C#N. The number of hydrogen-bond donors (Lipinski definition) is 1. The van der Waals surface area contributed by atoms with Crippen LogP contribution in [0.25, 0.3) is 0 Å². The fourth-order valence-corrected chi connectivity index (χ4v) is 3.98. The monoisotopic (exact) mass is 519 g/mol. The third kappa shape index (κ3) is 6.69. The van der Waals surface area contributed by atoms with Gasteiger partial charge in [0.1, 0.15) is 6.61 Å². The second kappa shape index (κ2) is 12.0. The van der Waals surface area contributed by atoms with Crippen LogP contribution in [-0.2, 0) is 17.8 Å². The number of aryl methyl sites for hydroxylation is 2. The third-order valence-corrected chi connectivity index (χ3v) is 5.68. The first-order valence-electron chi connectivity index (χ1n) is 10.9. The van der Waals surface area contributed by atoms with Crippen molar-refractivity contribution in [3.8, 4) is 17.6 Å². The van der Waals surface area contributed by atoms with Gasteiger partial charge in [-0.1, -0.05) is 42.0 Å². The first-order valence-corrected chi connectivity index (χ1v) is 11.7. The van der Waals surface area contributed by atoms with Gasteiger partial charge >= 0.3 is 0 Å². The Morgan fingerprint density at radius 2 is 1.91 bits per heavy atom. The molecule has 34 heavy (non-hydrogen) atoms. The molecule has 0 aliphatic heterocycles. The van der Waals surface area contributed by atoms with E-state index in [4.69, 9.17) is 9.47 Å². The maximum absolute atomic E-state index is 12.3. The van der Waals surface area contributed by atoms with E-state index in [1.807, 2.05) is 57.2 Å². The Morgan fingerprint density at radius 1 is 1.12 bits per heavy atom. The second-order valence-corrected chi connectivity index (χ2v) is 8.57. The van der Waals surface area contributed by atoms with Gasteiger partial charge in [-0.25, -0.2) is 5.43 Å². The Kier molecular flexibility index (Phi) is 8.83. The lowest BCUT2D eigenvalue weighted by Gasteiger charge is -2.15. The van der Waals surface area contributed by atoms with Crippen molar-refractivity contribution in [3.05, 3.63) is 92.5 Å². The normalized spacial score (nSPS) is 10.7. The van der Waals surface area contributed by atoms with Crippen molar-refractivity contribution < 1.29 is 14.3 Å². The van der Waals surface area contributed by atoms with Crippen LogP contribution in [0.2, 0.25) is 0 Å². The van der Waals surface area contributed by atoms with Crippen LogP contribution < -0.4 is 14.9 Å². The van der Waals surface area contributed by atoms with Crippen LogP contribution in [0, 0.1) is 25.2 Å². The number of amides is 1. The van der Waals surface area contributed by atoms with Crippen LogP contribution in [0.4, 0.5) is 0 Å². The number of hydrogen-bond acceptors (Lipinski definition) is 5. The maximum atomic E-state index is 12.3. The smallest absolute Gasteiger partial charge is 0.244 e. The van der Waals surface area contributed by atoms with Crippen LogP contribution in [0.15, 0.2) is 64.2 Å². The number of hydrazone groups is 1. The number of rotatable bonds is 9. The van der Waals surface area contributed by atoms with E-state index in [0.29, 0.717) is 28.1 Å². The number of carbonyl (C=O) groups excluding carboxylic acids is 1. The van der Waals surface area contributed by atoms with E-state index in [1.165, 1.54) is 0 Å². The van der Waals surface area contributed by atoms with E-state index in [9.17, 15) is 10.1 Å². The van der Waals surface area contributed by atoms with E-state index in [2.05, 4.69) is 38.6 Å². The molecule has 0 aromatic heterocycles. The van der Waals surface area contributed by atoms with Crippen molar-refractivity contribution in [2.75, 3.05) is 6.61 Å². The van der Waals surface area contributed by atoms with Crippen LogP contribution >= 0.6 is 15.9 Å². The Labute approximate surface area is 208 Å². The van der Waals surface area contributed by atoms with Gasteiger partial charge in [0.25, 0.3) is 0 Å². The lowest BCUT2D eigenvalue weighted by atomic mass is 10.0. The molecule has 7 heteroatoms. The zero-order valence-electron chi connectivity index (χ0n) is 19.4. The Bertz CT molecular complexity index is 1250. The van der Waals surface area contributed by atoms with Crippen LogP contribution in [0.3, 0.4) is 0 Å². The van der Waals surface area contributed by atoms with Gasteiger partial charge in [0.15, 0.2) is 11.5 Å². The van der Waals surface area contributed by atoms with Gasteiger partial charge in [-0.3, -0.25) is 4.79 Å². The average Bonchev–Trinajstić information content (AvgIpc) is 2.81. The lowest BCUT2D eigenvalue weighted by molar-refractivity contribution is -0.120. The summed E-state index contributed by atoms with van der Waals surface area (Å²) in [4.78, 5) is 12.3. The predicted octanol–water partition coefficient (Wildman–Crippen LogP) is 5.61. The molecular weight excluding hydrogens is 494 g/mol. The number of carbonyl (C=O) groups is 1. The Balaban J connectivity index is 1.69. The molecule has 0 heterocycles. The number of nitriles is 1. The highest BCUT2D eigenvalue weighted by Gasteiger charge is 2.13. The summed E-state index contributed by atoms with van der Waals surface area (Å²) in [5.41, 5.74) is 7.88. The summed E-state index contributed by atoms with van der Waals surface area (Å²) in [6.07, 6.45) is 1.82. The molecular formula is C27H26BrN3O3. The van der Waals surface area contributed by atoms with Gasteiger partial charge in [-0.05, 0) is 71.6 Å². The second-order valence-electron chi connectivity index (χ2n) is 7.72. The van der Waals surface area contributed by atoms with Crippen molar-refractivity contribution in [2.45, 2.75) is 33.8 Å². The first kappa shape index (κ1) is 25.0. The standard InChI is InChI=1S/C27H26BrN3O3/c1-4-33-25-13-20(16-30-31-26(32)14-21-10-9-18(2)11-19(21)3)12-24(28)27(25)34-17-23-8-6-5-7-22(23)15-29/h5-13,16H,4,14,17H2,1-3H3,(H,31,32)/b30-16+. The number of halogens is 1. The predicted molar refractivity (Wildman–Crippen MR) is 136 cm³/mol. The minimum Gasteiger partial charge on any atom is -0.490 e. The summed E-state index contributed by atoms with van der Waals surface area (Å²) < 4.78 is 12.4. The summed E-state index contributed by atoms with van der Waals surface area (Å²) >= 11 is 3.54. The quantitative estimate of drug-likeness (QED) is 0.294. The van der Waals surface area contributed by atoms with Crippen LogP contribution in [0.1, 0.15) is 40.3 Å². The van der Waals surface area contributed by atoms with Gasteiger partial charge < -0.3 is 9.47 Å². The number of nitrogens with one attached hydrogen (secondary N) is 1. The van der Waals surface area contributed by atoms with E-state index in [0.717, 1.165) is 27.8 Å². The molecule has 3 rings (SSSR count). The van der Waals surface area contributed by atoms with Crippen LogP contribution in [-0.4, -0.2) is 18.7 Å². The summed E-state index contributed by atoms with van der Waals surface area (Å²) in [5.74, 6) is 0.878. The Hall–Kier alpha value is -3.63. The van der Waals surface area contributed by atoms with Gasteiger partial charge in [0.05, 0.1) is 35.3 Å². The number of nitrogens with zero attached hydrogens (tertiary/aromatic N) is 2. The zero-order valence-corrected chi connectivity index (χ0v) is 21.0. The molecule has 0 unspecified atom stereocenters. The van der Waals surface area contributed by atoms with E-state index >= 15 is 0 Å². The lowest BCUT2D eigenvalue weighted by Crippen LogP contribution is -2.20. The van der Waals surface area contributed by atoms with Gasteiger partial charge in [-0.15, -0.1) is 0 Å². The topological polar surface area (TPSA) is 83.7 Å². The minimum absolute atomic E-state index is 0.191. The molecule has 0 saturated carbocycles. The van der Waals surface area contributed by atoms with Crippen molar-refractivity contribution in [2.24, 2.45) is 5.10 Å². The average molecular weight is 520 g/mol. The Morgan fingerprint density at radius 3 is 2.65 bits per heavy atom. The largest absolute Gasteiger partial charge is 0.490 e. The minimum atomic E-state index is -0.191. The fourth-order valence-electron chi connectivity index (χ4n) is 3.41. The van der Waals surface area contributed by atoms with E-state index in [1.54, 1.807) is 18.3 Å². The number of benzene rings is 3. The van der Waals surface area contributed by atoms with Crippen molar-refractivity contribution in [3.63, 3.8) is 0 Å². The molecule has 1 N–H and O–H groups in total. The van der Waals surface area contributed by atoms with E-state index < -0.39 is 0 Å². The molecule has 6 nitrogen and oxygen atoms in total. The zero-order chi connectivity index (χ0) is 24.5. The summed E-state index contributed by atoms with van der Waals surface area (Å²) in [6, 6.07) is 19.1. The molecule has 174 valence electrons. The van der Waals surface area contributed by atoms with Crippen LogP contribution in [0.5, 0.6) is 11.5 Å². The highest BCUT2D eigenvalue weighted by atomic mass is 79.9. The van der Waals surface area contributed by atoms with Gasteiger partial charge in [0.2, 0.25) is 5.91 Å². The van der Waals surface area contributed by atoms with Crippen molar-refractivity contribution in [1.29, 1.82) is 5.26 Å². The highest BCUT2D eigenvalue weighted by molar-refractivity contribution is 9.10. The molecule has 0 atom stereocenters. The molecule has 0 saturated heterocycles.